The molecule has 1 atom stereocenters. The third-order valence-corrected chi connectivity index (χ3v) is 3.64. The van der Waals surface area contributed by atoms with Crippen molar-refractivity contribution in [2.45, 2.75) is 13.0 Å². The van der Waals surface area contributed by atoms with Crippen LogP contribution in [0.4, 0.5) is 10.5 Å². The molecule has 0 aliphatic carbocycles. The van der Waals surface area contributed by atoms with Crippen LogP contribution < -0.4 is 10.2 Å². The maximum Gasteiger partial charge on any atom is 0.325 e. The van der Waals surface area contributed by atoms with E-state index in [0.717, 1.165) is 5.69 Å². The minimum absolute atomic E-state index is 0.0526. The fraction of sp³-hybridized carbons (Fsp3) is 0.467. The highest BCUT2D eigenvalue weighted by atomic mass is 35.5. The van der Waals surface area contributed by atoms with E-state index in [4.69, 9.17) is 16.3 Å². The zero-order valence-corrected chi connectivity index (χ0v) is 13.5. The lowest BCUT2D eigenvalue weighted by molar-refractivity contribution is -0.122. The summed E-state index contributed by atoms with van der Waals surface area (Å²) in [4.78, 5) is 27.4. The Bertz CT molecular complexity index is 535. The van der Waals surface area contributed by atoms with Crippen LogP contribution in [-0.2, 0) is 9.53 Å². The first-order chi connectivity index (χ1) is 10.5. The Morgan fingerprint density at radius 3 is 2.68 bits per heavy atom. The third-order valence-electron chi connectivity index (χ3n) is 3.39. The average Bonchev–Trinajstić information content (AvgIpc) is 2.81. The van der Waals surface area contributed by atoms with E-state index < -0.39 is 0 Å². The summed E-state index contributed by atoms with van der Waals surface area (Å²) in [5, 5.41) is 3.42. The number of rotatable bonds is 6. The Hall–Kier alpha value is -1.79. The van der Waals surface area contributed by atoms with Crippen molar-refractivity contribution in [3.8, 4) is 0 Å². The number of nitrogens with zero attached hydrogens (tertiary/aromatic N) is 2. The molecule has 1 unspecified atom stereocenters. The molecule has 0 aromatic heterocycles. The number of carbonyl (C=O) groups excluding carboxylic acids is 2. The van der Waals surface area contributed by atoms with Crippen molar-refractivity contribution in [2.75, 3.05) is 38.3 Å². The third kappa shape index (κ3) is 4.11. The molecule has 22 heavy (non-hydrogen) atoms. The first kappa shape index (κ1) is 16.6. The van der Waals surface area contributed by atoms with Gasteiger partial charge in [0, 0.05) is 37.0 Å². The summed E-state index contributed by atoms with van der Waals surface area (Å²) in [7, 11) is 1.58. The summed E-state index contributed by atoms with van der Waals surface area (Å²) < 4.78 is 4.97. The predicted molar refractivity (Wildman–Crippen MR) is 85.2 cm³/mol. The standard InChI is InChI=1S/C15H20ClN3O3/c1-11(10-22-2)17-14(20)9-18-7-8-19(15(18)21)13-5-3-12(16)4-6-13/h3-6,11H,7-10H2,1-2H3,(H,17,20). The molecule has 0 radical (unpaired) electrons. The molecule has 1 aromatic rings. The van der Waals surface area contributed by atoms with Crippen LogP contribution in [0, 0.1) is 0 Å². The number of amides is 3. The van der Waals surface area contributed by atoms with Gasteiger partial charge in [0.1, 0.15) is 6.54 Å². The lowest BCUT2D eigenvalue weighted by Gasteiger charge is -2.19. The van der Waals surface area contributed by atoms with Crippen molar-refractivity contribution < 1.29 is 14.3 Å². The molecule has 1 aromatic carbocycles. The van der Waals surface area contributed by atoms with Gasteiger partial charge in [-0.05, 0) is 31.2 Å². The normalized spacial score (nSPS) is 16.0. The van der Waals surface area contributed by atoms with E-state index in [-0.39, 0.29) is 24.5 Å². The second-order valence-electron chi connectivity index (χ2n) is 5.26. The summed E-state index contributed by atoms with van der Waals surface area (Å²) in [6.07, 6.45) is 0. The van der Waals surface area contributed by atoms with Crippen LogP contribution in [0.25, 0.3) is 0 Å². The van der Waals surface area contributed by atoms with Crippen molar-refractivity contribution in [1.82, 2.24) is 10.2 Å². The van der Waals surface area contributed by atoms with E-state index >= 15 is 0 Å². The average molecular weight is 326 g/mol. The van der Waals surface area contributed by atoms with Gasteiger partial charge in [-0.15, -0.1) is 0 Å². The van der Waals surface area contributed by atoms with Crippen molar-refractivity contribution >= 4 is 29.2 Å². The molecule has 7 heteroatoms. The van der Waals surface area contributed by atoms with Crippen LogP contribution in [-0.4, -0.2) is 56.2 Å². The number of benzene rings is 1. The smallest absolute Gasteiger partial charge is 0.325 e. The molecule has 6 nitrogen and oxygen atoms in total. The molecule has 3 amide bonds. The van der Waals surface area contributed by atoms with Crippen molar-refractivity contribution in [2.24, 2.45) is 0 Å². The summed E-state index contributed by atoms with van der Waals surface area (Å²) in [5.41, 5.74) is 0.782. The topological polar surface area (TPSA) is 61.9 Å². The van der Waals surface area contributed by atoms with E-state index in [2.05, 4.69) is 5.32 Å². The van der Waals surface area contributed by atoms with E-state index in [1.165, 1.54) is 4.90 Å². The number of halogens is 1. The highest BCUT2D eigenvalue weighted by Gasteiger charge is 2.30. The summed E-state index contributed by atoms with van der Waals surface area (Å²) >= 11 is 5.85. The number of carbonyl (C=O) groups is 2. The molecule has 0 spiro atoms. The van der Waals surface area contributed by atoms with Gasteiger partial charge in [-0.2, -0.15) is 0 Å². The van der Waals surface area contributed by atoms with Gasteiger partial charge < -0.3 is 15.0 Å². The molecule has 1 aliphatic rings. The summed E-state index contributed by atoms with van der Waals surface area (Å²) in [5.74, 6) is -0.184. The predicted octanol–water partition coefficient (Wildman–Crippen LogP) is 1.73. The fourth-order valence-electron chi connectivity index (χ4n) is 2.38. The summed E-state index contributed by atoms with van der Waals surface area (Å²) in [6.45, 7) is 3.43. The monoisotopic (exact) mass is 325 g/mol. The van der Waals surface area contributed by atoms with Crippen LogP contribution in [0.1, 0.15) is 6.92 Å². The number of hydrogen-bond acceptors (Lipinski definition) is 3. The number of methoxy groups -OCH3 is 1. The lowest BCUT2D eigenvalue weighted by Crippen LogP contribution is -2.44. The van der Waals surface area contributed by atoms with Gasteiger partial charge in [0.25, 0.3) is 0 Å². The number of ether oxygens (including phenoxy) is 1. The molecule has 2 rings (SSSR count). The van der Waals surface area contributed by atoms with Crippen LogP contribution in [0.5, 0.6) is 0 Å². The molecule has 1 aliphatic heterocycles. The highest BCUT2D eigenvalue weighted by Crippen LogP contribution is 2.22. The minimum Gasteiger partial charge on any atom is -0.383 e. The van der Waals surface area contributed by atoms with Crippen LogP contribution in [0.2, 0.25) is 5.02 Å². The maximum atomic E-state index is 12.4. The Balaban J connectivity index is 1.91. The largest absolute Gasteiger partial charge is 0.383 e. The van der Waals surface area contributed by atoms with E-state index in [1.807, 2.05) is 6.92 Å². The van der Waals surface area contributed by atoms with Crippen molar-refractivity contribution in [1.29, 1.82) is 0 Å². The van der Waals surface area contributed by atoms with E-state index in [9.17, 15) is 9.59 Å². The highest BCUT2D eigenvalue weighted by molar-refractivity contribution is 6.30. The molecule has 0 saturated carbocycles. The number of anilines is 1. The molecule has 1 N–H and O–H groups in total. The first-order valence-electron chi connectivity index (χ1n) is 7.11. The van der Waals surface area contributed by atoms with Crippen molar-refractivity contribution in [3.63, 3.8) is 0 Å². The molecule has 1 heterocycles. The molecular weight excluding hydrogens is 306 g/mol. The van der Waals surface area contributed by atoms with Gasteiger partial charge in [-0.1, -0.05) is 11.6 Å². The van der Waals surface area contributed by atoms with Gasteiger partial charge in [0.2, 0.25) is 5.91 Å². The second kappa shape index (κ2) is 7.47. The van der Waals surface area contributed by atoms with Crippen LogP contribution in [0.3, 0.4) is 0 Å². The maximum absolute atomic E-state index is 12.4. The molecule has 0 bridgehead atoms. The number of hydrogen-bond donors (Lipinski definition) is 1. The van der Waals surface area contributed by atoms with Gasteiger partial charge in [-0.25, -0.2) is 4.79 Å². The zero-order valence-electron chi connectivity index (χ0n) is 12.7. The zero-order chi connectivity index (χ0) is 16.1. The molecule has 1 fully saturated rings. The molecular formula is C15H20ClN3O3. The van der Waals surface area contributed by atoms with Gasteiger partial charge in [-0.3, -0.25) is 9.69 Å². The van der Waals surface area contributed by atoms with Gasteiger partial charge >= 0.3 is 6.03 Å². The van der Waals surface area contributed by atoms with Crippen LogP contribution in [0.15, 0.2) is 24.3 Å². The van der Waals surface area contributed by atoms with Gasteiger partial charge in [0.15, 0.2) is 0 Å². The minimum atomic E-state index is -0.184. The first-order valence-corrected chi connectivity index (χ1v) is 7.49. The number of urea groups is 1. The van der Waals surface area contributed by atoms with Gasteiger partial charge in [0.05, 0.1) is 6.61 Å². The quantitative estimate of drug-likeness (QED) is 0.866. The number of nitrogens with one attached hydrogen (secondary N) is 1. The Labute approximate surface area is 135 Å². The Morgan fingerprint density at radius 2 is 2.05 bits per heavy atom. The van der Waals surface area contributed by atoms with E-state index in [1.54, 1.807) is 36.3 Å². The van der Waals surface area contributed by atoms with E-state index in [0.29, 0.717) is 24.7 Å². The molecule has 120 valence electrons. The Morgan fingerprint density at radius 1 is 1.36 bits per heavy atom. The van der Waals surface area contributed by atoms with Crippen LogP contribution >= 0.6 is 11.6 Å². The van der Waals surface area contributed by atoms with Crippen molar-refractivity contribution in [3.05, 3.63) is 29.3 Å². The lowest BCUT2D eigenvalue weighted by atomic mass is 10.3. The summed E-state index contributed by atoms with van der Waals surface area (Å²) in [6, 6.07) is 6.83. The Kier molecular flexibility index (Phi) is 5.63. The second-order valence-corrected chi connectivity index (χ2v) is 5.69. The fourth-order valence-corrected chi connectivity index (χ4v) is 2.50. The SMILES string of the molecule is COCC(C)NC(=O)CN1CCN(c2ccc(Cl)cc2)C1=O. The molecule has 1 saturated heterocycles.